The minimum atomic E-state index is -0.429. The van der Waals surface area contributed by atoms with E-state index >= 15 is 0 Å². The average molecular weight is 343 g/mol. The molecule has 1 aromatic carbocycles. The Kier molecular flexibility index (Phi) is 4.41. The standard InChI is InChI=1S/C13H12BrFN2O3/c1-7-10(13(18)17-16)4-9(20-7)6-19-8-2-3-12(15)11(14)5-8/h2-5H,6,16H2,1H3,(H,17,18). The molecule has 0 radical (unpaired) electrons. The monoisotopic (exact) mass is 342 g/mol. The number of hydrogen-bond donors (Lipinski definition) is 2. The third-order valence-corrected chi connectivity index (χ3v) is 3.22. The summed E-state index contributed by atoms with van der Waals surface area (Å²) in [5.41, 5.74) is 2.39. The van der Waals surface area contributed by atoms with Crippen molar-refractivity contribution in [2.45, 2.75) is 13.5 Å². The van der Waals surface area contributed by atoms with Gasteiger partial charge in [-0.15, -0.1) is 0 Å². The van der Waals surface area contributed by atoms with Crippen molar-refractivity contribution in [3.05, 3.63) is 51.6 Å². The van der Waals surface area contributed by atoms with Crippen molar-refractivity contribution in [2.24, 2.45) is 5.84 Å². The van der Waals surface area contributed by atoms with E-state index in [2.05, 4.69) is 15.9 Å². The molecule has 0 atom stereocenters. The number of ether oxygens (including phenoxy) is 1. The summed E-state index contributed by atoms with van der Waals surface area (Å²) in [5, 5.41) is 0. The number of nitrogens with two attached hydrogens (primary N) is 1. The van der Waals surface area contributed by atoms with E-state index in [9.17, 15) is 9.18 Å². The van der Waals surface area contributed by atoms with Crippen LogP contribution in [0.5, 0.6) is 5.75 Å². The maximum Gasteiger partial charge on any atom is 0.268 e. The highest BCUT2D eigenvalue weighted by Gasteiger charge is 2.14. The molecule has 1 aromatic heterocycles. The number of rotatable bonds is 4. The van der Waals surface area contributed by atoms with Crippen molar-refractivity contribution in [3.63, 3.8) is 0 Å². The van der Waals surface area contributed by atoms with E-state index in [1.54, 1.807) is 13.0 Å². The lowest BCUT2D eigenvalue weighted by atomic mass is 10.2. The minimum Gasteiger partial charge on any atom is -0.486 e. The Bertz CT molecular complexity index is 643. The lowest BCUT2D eigenvalue weighted by Crippen LogP contribution is -2.30. The van der Waals surface area contributed by atoms with E-state index in [-0.39, 0.29) is 12.4 Å². The molecule has 2 aromatic rings. The zero-order valence-electron chi connectivity index (χ0n) is 10.6. The Morgan fingerprint density at radius 3 is 2.90 bits per heavy atom. The number of hydrogen-bond acceptors (Lipinski definition) is 4. The van der Waals surface area contributed by atoms with Crippen LogP contribution in [0.2, 0.25) is 0 Å². The molecule has 0 bridgehead atoms. The smallest absolute Gasteiger partial charge is 0.268 e. The molecule has 1 amide bonds. The Hall–Kier alpha value is -1.86. The number of halogens is 2. The number of aryl methyl sites for hydroxylation is 1. The summed E-state index contributed by atoms with van der Waals surface area (Å²) in [6, 6.07) is 5.86. The SMILES string of the molecule is Cc1oc(COc2ccc(F)c(Br)c2)cc1C(=O)NN. The van der Waals surface area contributed by atoms with E-state index in [1.165, 1.54) is 18.2 Å². The fourth-order valence-corrected chi connectivity index (χ4v) is 2.00. The predicted octanol–water partition coefficient (Wildman–Crippen LogP) is 2.67. The fraction of sp³-hybridized carbons (Fsp3) is 0.154. The quantitative estimate of drug-likeness (QED) is 0.508. The first-order chi connectivity index (χ1) is 9.51. The van der Waals surface area contributed by atoms with Crippen molar-refractivity contribution in [2.75, 3.05) is 0 Å². The van der Waals surface area contributed by atoms with E-state index < -0.39 is 5.91 Å². The molecule has 2 rings (SSSR count). The van der Waals surface area contributed by atoms with Crippen LogP contribution in [-0.2, 0) is 6.61 Å². The van der Waals surface area contributed by atoms with Gasteiger partial charge in [0.15, 0.2) is 0 Å². The zero-order chi connectivity index (χ0) is 14.7. The van der Waals surface area contributed by atoms with Crippen LogP contribution < -0.4 is 16.0 Å². The first-order valence-electron chi connectivity index (χ1n) is 5.69. The summed E-state index contributed by atoms with van der Waals surface area (Å²) in [7, 11) is 0. The lowest BCUT2D eigenvalue weighted by molar-refractivity contribution is 0.0952. The summed E-state index contributed by atoms with van der Waals surface area (Å²) in [4.78, 5) is 11.4. The number of amides is 1. The maximum atomic E-state index is 13.1. The van der Waals surface area contributed by atoms with E-state index in [0.29, 0.717) is 27.3 Å². The van der Waals surface area contributed by atoms with Crippen molar-refractivity contribution in [3.8, 4) is 5.75 Å². The number of carbonyl (C=O) groups is 1. The number of carbonyl (C=O) groups excluding carboxylic acids is 1. The lowest BCUT2D eigenvalue weighted by Gasteiger charge is -2.04. The molecule has 1 heterocycles. The summed E-state index contributed by atoms with van der Waals surface area (Å²) < 4.78 is 24.2. The number of benzene rings is 1. The van der Waals surface area contributed by atoms with Crippen LogP contribution in [0.1, 0.15) is 21.9 Å². The molecule has 5 nitrogen and oxygen atoms in total. The second-order valence-corrected chi connectivity index (χ2v) is 4.87. The third kappa shape index (κ3) is 3.17. The fourth-order valence-electron chi connectivity index (χ4n) is 1.64. The molecular weight excluding hydrogens is 331 g/mol. The van der Waals surface area contributed by atoms with Gasteiger partial charge in [0.25, 0.3) is 5.91 Å². The van der Waals surface area contributed by atoms with Gasteiger partial charge in [0.05, 0.1) is 10.0 Å². The van der Waals surface area contributed by atoms with Crippen LogP contribution in [0.15, 0.2) is 33.2 Å². The summed E-state index contributed by atoms with van der Waals surface area (Å²) in [6.45, 7) is 1.78. The number of nitrogen functional groups attached to an aromatic ring is 1. The zero-order valence-corrected chi connectivity index (χ0v) is 12.2. The van der Waals surface area contributed by atoms with Gasteiger partial charge in [-0.25, -0.2) is 10.2 Å². The van der Waals surface area contributed by atoms with Crippen LogP contribution in [0.4, 0.5) is 4.39 Å². The number of furan rings is 1. The molecule has 0 aliphatic carbocycles. The maximum absolute atomic E-state index is 13.1. The van der Waals surface area contributed by atoms with Crippen molar-refractivity contribution < 1.29 is 18.3 Å². The Morgan fingerprint density at radius 2 is 2.25 bits per heavy atom. The summed E-state index contributed by atoms with van der Waals surface area (Å²) in [5.74, 6) is 5.68. The largest absolute Gasteiger partial charge is 0.486 e. The van der Waals surface area contributed by atoms with Gasteiger partial charge in [-0.05, 0) is 47.1 Å². The van der Waals surface area contributed by atoms with Crippen LogP contribution in [0.25, 0.3) is 0 Å². The van der Waals surface area contributed by atoms with Gasteiger partial charge >= 0.3 is 0 Å². The van der Waals surface area contributed by atoms with Gasteiger partial charge in [-0.1, -0.05) is 0 Å². The number of nitrogens with one attached hydrogen (secondary N) is 1. The Balaban J connectivity index is 2.07. The van der Waals surface area contributed by atoms with Gasteiger partial charge in [0.2, 0.25) is 0 Å². The molecule has 0 spiro atoms. The molecule has 0 aliphatic rings. The Morgan fingerprint density at radius 1 is 1.50 bits per heavy atom. The van der Waals surface area contributed by atoms with Crippen LogP contribution in [0, 0.1) is 12.7 Å². The first kappa shape index (κ1) is 14.5. The van der Waals surface area contributed by atoms with Crippen molar-refractivity contribution in [1.29, 1.82) is 0 Å². The molecule has 0 aliphatic heterocycles. The molecule has 20 heavy (non-hydrogen) atoms. The molecule has 0 fully saturated rings. The molecule has 0 unspecified atom stereocenters. The van der Waals surface area contributed by atoms with E-state index in [0.717, 1.165) is 0 Å². The highest BCUT2D eigenvalue weighted by molar-refractivity contribution is 9.10. The van der Waals surface area contributed by atoms with E-state index in [4.69, 9.17) is 15.0 Å². The molecule has 0 saturated carbocycles. The van der Waals surface area contributed by atoms with Crippen LogP contribution >= 0.6 is 15.9 Å². The van der Waals surface area contributed by atoms with E-state index in [1.807, 2.05) is 5.43 Å². The molecule has 0 saturated heterocycles. The molecular formula is C13H12BrFN2O3. The van der Waals surface area contributed by atoms with Gasteiger partial charge in [-0.3, -0.25) is 10.2 Å². The molecule has 106 valence electrons. The van der Waals surface area contributed by atoms with Gasteiger partial charge < -0.3 is 9.15 Å². The predicted molar refractivity (Wildman–Crippen MR) is 73.5 cm³/mol. The second kappa shape index (κ2) is 6.06. The highest BCUT2D eigenvalue weighted by Crippen LogP contribution is 2.23. The number of hydrazine groups is 1. The summed E-state index contributed by atoms with van der Waals surface area (Å²) in [6.07, 6.45) is 0. The topological polar surface area (TPSA) is 77.5 Å². The average Bonchev–Trinajstić information content (AvgIpc) is 2.80. The van der Waals surface area contributed by atoms with Crippen LogP contribution in [0.3, 0.4) is 0 Å². The van der Waals surface area contributed by atoms with Gasteiger partial charge in [0.1, 0.15) is 29.7 Å². The van der Waals surface area contributed by atoms with Crippen LogP contribution in [-0.4, -0.2) is 5.91 Å². The minimum absolute atomic E-state index is 0.122. The van der Waals surface area contributed by atoms with Crippen molar-refractivity contribution >= 4 is 21.8 Å². The summed E-state index contributed by atoms with van der Waals surface area (Å²) >= 11 is 3.07. The van der Waals surface area contributed by atoms with Gasteiger partial charge in [-0.2, -0.15) is 0 Å². The first-order valence-corrected chi connectivity index (χ1v) is 6.48. The second-order valence-electron chi connectivity index (χ2n) is 4.02. The Labute approximate surface area is 123 Å². The van der Waals surface area contributed by atoms with Gasteiger partial charge in [0, 0.05) is 0 Å². The molecule has 3 N–H and O–H groups in total. The highest BCUT2D eigenvalue weighted by atomic mass is 79.9. The third-order valence-electron chi connectivity index (χ3n) is 2.62. The van der Waals surface area contributed by atoms with Crippen molar-refractivity contribution in [1.82, 2.24) is 5.43 Å². The molecule has 7 heteroatoms. The normalized spacial score (nSPS) is 10.4.